The van der Waals surface area contributed by atoms with Crippen molar-refractivity contribution in [1.29, 1.82) is 0 Å². The first-order chi connectivity index (χ1) is 17.0. The van der Waals surface area contributed by atoms with Crippen LogP contribution in [0.2, 0.25) is 10.0 Å². The van der Waals surface area contributed by atoms with Gasteiger partial charge in [0.05, 0.1) is 28.1 Å². The number of nitrogens with zero attached hydrogens (tertiary/aromatic N) is 3. The quantitative estimate of drug-likeness (QED) is 0.442. The molecule has 1 amide bonds. The van der Waals surface area contributed by atoms with E-state index in [2.05, 4.69) is 16.9 Å². The summed E-state index contributed by atoms with van der Waals surface area (Å²) in [7, 11) is -3.77. The average molecular weight is 553 g/mol. The van der Waals surface area contributed by atoms with Crippen LogP contribution in [0, 0.1) is 12.7 Å². The third-order valence-electron chi connectivity index (χ3n) is 7.18. The summed E-state index contributed by atoms with van der Waals surface area (Å²) < 4.78 is 43.1. The van der Waals surface area contributed by atoms with E-state index in [0.717, 1.165) is 31.5 Å². The van der Waals surface area contributed by atoms with Gasteiger partial charge in [0.25, 0.3) is 5.91 Å². The van der Waals surface area contributed by atoms with E-state index < -0.39 is 27.0 Å². The van der Waals surface area contributed by atoms with E-state index in [9.17, 15) is 13.2 Å². The molecule has 2 aliphatic rings. The lowest BCUT2D eigenvalue weighted by Crippen LogP contribution is -2.36. The first-order valence-electron chi connectivity index (χ1n) is 12.0. The van der Waals surface area contributed by atoms with Crippen LogP contribution in [0.5, 0.6) is 0 Å². The van der Waals surface area contributed by atoms with Gasteiger partial charge in [0, 0.05) is 40.6 Å². The van der Waals surface area contributed by atoms with Crippen LogP contribution >= 0.6 is 23.2 Å². The largest absolute Gasteiger partial charge is 0.296 e. The number of rotatable bonds is 6. The maximum absolute atomic E-state index is 15.0. The third-order valence-corrected chi connectivity index (χ3v) is 9.44. The molecule has 36 heavy (non-hydrogen) atoms. The Hall–Kier alpha value is -2.20. The van der Waals surface area contributed by atoms with Crippen molar-refractivity contribution in [3.8, 4) is 0 Å². The molecule has 3 aromatic rings. The molecule has 1 unspecified atom stereocenters. The Morgan fingerprint density at radius 2 is 1.72 bits per heavy atom. The van der Waals surface area contributed by atoms with Gasteiger partial charge >= 0.3 is 0 Å². The number of halogens is 3. The van der Waals surface area contributed by atoms with Gasteiger partial charge in [-0.25, -0.2) is 17.5 Å². The molecule has 2 aromatic carbocycles. The Morgan fingerprint density at radius 3 is 2.33 bits per heavy atom. The van der Waals surface area contributed by atoms with Crippen molar-refractivity contribution in [2.24, 2.45) is 0 Å². The number of carbonyl (C=O) groups is 1. The predicted octanol–water partition coefficient (Wildman–Crippen LogP) is 5.41. The molecule has 7 nitrogen and oxygen atoms in total. The van der Waals surface area contributed by atoms with E-state index in [-0.39, 0.29) is 17.6 Å². The second kappa shape index (κ2) is 9.59. The van der Waals surface area contributed by atoms with Crippen molar-refractivity contribution in [3.63, 3.8) is 0 Å². The van der Waals surface area contributed by atoms with E-state index in [1.807, 2.05) is 21.5 Å². The molecule has 1 N–H and O–H groups in total. The summed E-state index contributed by atoms with van der Waals surface area (Å²) >= 11 is 12.4. The van der Waals surface area contributed by atoms with Crippen LogP contribution in [0.4, 0.5) is 4.39 Å². The number of sulfonamides is 1. The minimum Gasteiger partial charge on any atom is -0.296 e. The second-order valence-corrected chi connectivity index (χ2v) is 12.5. The maximum atomic E-state index is 15.0. The number of carbonyl (C=O) groups excluding carboxylic acids is 1. The van der Waals surface area contributed by atoms with E-state index in [0.29, 0.717) is 39.5 Å². The van der Waals surface area contributed by atoms with Crippen LogP contribution in [-0.4, -0.2) is 47.3 Å². The number of aromatic nitrogens is 2. The number of nitrogens with one attached hydrogen (secondary N) is 1. The van der Waals surface area contributed by atoms with E-state index >= 15 is 4.39 Å². The zero-order chi connectivity index (χ0) is 25.8. The molecule has 2 heterocycles. The van der Waals surface area contributed by atoms with Gasteiger partial charge in [0.1, 0.15) is 5.82 Å². The third kappa shape index (κ3) is 4.98. The van der Waals surface area contributed by atoms with Crippen LogP contribution in [0.3, 0.4) is 0 Å². The normalized spacial score (nSPS) is 18.5. The number of amides is 1. The van der Waals surface area contributed by atoms with Gasteiger partial charge in [-0.05, 0) is 69.4 Å². The van der Waals surface area contributed by atoms with Crippen molar-refractivity contribution in [1.82, 2.24) is 19.4 Å². The van der Waals surface area contributed by atoms with Gasteiger partial charge in [-0.2, -0.15) is 5.10 Å². The summed E-state index contributed by atoms with van der Waals surface area (Å²) in [5.41, 5.74) is 2.02. The number of hydrogen-bond acceptors (Lipinski definition) is 5. The first-order valence-corrected chi connectivity index (χ1v) is 14.3. The summed E-state index contributed by atoms with van der Waals surface area (Å²) in [6, 6.07) is 8.49. The van der Waals surface area contributed by atoms with Crippen LogP contribution in [0.1, 0.15) is 66.3 Å². The highest BCUT2D eigenvalue weighted by Gasteiger charge is 2.37. The minimum atomic E-state index is -3.77. The number of piperidine rings is 1. The Balaban J connectivity index is 1.34. The molecule has 5 rings (SSSR count). The zero-order valence-electron chi connectivity index (χ0n) is 20.0. The Labute approximate surface area is 219 Å². The van der Waals surface area contributed by atoms with Crippen LogP contribution in [0.25, 0.3) is 10.9 Å². The van der Waals surface area contributed by atoms with Gasteiger partial charge in [0.2, 0.25) is 10.0 Å². The molecule has 1 saturated carbocycles. The lowest BCUT2D eigenvalue weighted by molar-refractivity contribution is 0.0977. The summed E-state index contributed by atoms with van der Waals surface area (Å²) in [4.78, 5) is 14.9. The van der Waals surface area contributed by atoms with Gasteiger partial charge < -0.3 is 0 Å². The molecule has 0 bridgehead atoms. The minimum absolute atomic E-state index is 0.0712. The molecule has 2 fully saturated rings. The molecule has 1 aliphatic carbocycles. The number of hydrogen-bond donors (Lipinski definition) is 1. The van der Waals surface area contributed by atoms with Crippen molar-refractivity contribution in [2.75, 3.05) is 13.1 Å². The van der Waals surface area contributed by atoms with Crippen LogP contribution in [-0.2, 0) is 10.0 Å². The number of fused-ring (bicyclic) bond motifs is 1. The number of likely N-dealkylation sites (tertiary alicyclic amines) is 1. The smallest absolute Gasteiger partial charge is 0.267 e. The number of benzene rings is 2. The fourth-order valence-electron chi connectivity index (χ4n) is 4.95. The summed E-state index contributed by atoms with van der Waals surface area (Å²) in [5.74, 6) is -1.71. The van der Waals surface area contributed by atoms with Crippen molar-refractivity contribution >= 4 is 50.0 Å². The Morgan fingerprint density at radius 1 is 1.08 bits per heavy atom. The average Bonchev–Trinajstić information content (AvgIpc) is 3.63. The molecule has 11 heteroatoms. The Kier molecular flexibility index (Phi) is 6.78. The van der Waals surface area contributed by atoms with Crippen LogP contribution in [0.15, 0.2) is 30.3 Å². The monoisotopic (exact) mass is 552 g/mol. The molecule has 1 aromatic heterocycles. The molecule has 1 atom stereocenters. The van der Waals surface area contributed by atoms with Crippen molar-refractivity contribution < 1.29 is 17.6 Å². The zero-order valence-corrected chi connectivity index (χ0v) is 22.3. The maximum Gasteiger partial charge on any atom is 0.267 e. The summed E-state index contributed by atoms with van der Waals surface area (Å²) in [6.45, 7) is 5.57. The predicted molar refractivity (Wildman–Crippen MR) is 139 cm³/mol. The lowest BCUT2D eigenvalue weighted by Gasteiger charge is -2.36. The Bertz CT molecular complexity index is 1430. The van der Waals surface area contributed by atoms with Gasteiger partial charge in [-0.3, -0.25) is 14.4 Å². The fraction of sp³-hybridized carbons (Fsp3) is 0.440. The second-order valence-electron chi connectivity index (χ2n) is 9.70. The highest BCUT2D eigenvalue weighted by atomic mass is 35.5. The summed E-state index contributed by atoms with van der Waals surface area (Å²) in [6.07, 6.45) is 2.66. The number of aryl methyl sites for hydroxylation is 1. The summed E-state index contributed by atoms with van der Waals surface area (Å²) in [5, 5.41) is 5.95. The molecular weight excluding hydrogens is 526 g/mol. The molecule has 1 saturated heterocycles. The molecule has 0 radical (unpaired) electrons. The van der Waals surface area contributed by atoms with Gasteiger partial charge in [0.15, 0.2) is 0 Å². The van der Waals surface area contributed by atoms with Crippen molar-refractivity contribution in [3.05, 3.63) is 63.0 Å². The first kappa shape index (κ1) is 25.4. The fourth-order valence-corrected chi connectivity index (χ4v) is 6.79. The highest BCUT2D eigenvalue weighted by Crippen LogP contribution is 2.34. The lowest BCUT2D eigenvalue weighted by atomic mass is 10.00. The van der Waals surface area contributed by atoms with E-state index in [1.165, 1.54) is 12.1 Å². The standard InChI is InChI=1S/C25H27Cl2FN4O3S/c1-14-21-12-22(25(33)30-36(34,35)20-3-4-20)23(28)13-24(21)32(29-14)19-5-7-31(8-6-19)15(2)16-9-17(26)11-18(27)10-16/h9-13,15,19-20H,3-8H2,1-2H3,(H,30,33). The van der Waals surface area contributed by atoms with E-state index in [1.54, 1.807) is 13.0 Å². The van der Waals surface area contributed by atoms with E-state index in [4.69, 9.17) is 23.2 Å². The molecule has 1 aliphatic heterocycles. The van der Waals surface area contributed by atoms with Gasteiger partial charge in [-0.1, -0.05) is 23.2 Å². The SMILES string of the molecule is Cc1nn(C2CCN(C(C)c3cc(Cl)cc(Cl)c3)CC2)c2cc(F)c(C(=O)NS(=O)(=O)C3CC3)cc12. The highest BCUT2D eigenvalue weighted by molar-refractivity contribution is 7.91. The molecule has 192 valence electrons. The van der Waals surface area contributed by atoms with Gasteiger partial charge in [-0.15, -0.1) is 0 Å². The van der Waals surface area contributed by atoms with Crippen LogP contribution < -0.4 is 4.72 Å². The van der Waals surface area contributed by atoms with Crippen molar-refractivity contribution in [2.45, 2.75) is 56.9 Å². The topological polar surface area (TPSA) is 84.3 Å². The molecular formula is C25H27Cl2FN4O3S. The molecule has 0 spiro atoms.